The Morgan fingerprint density at radius 3 is 2.77 bits per heavy atom. The first-order valence-electron chi connectivity index (χ1n) is 7.57. The second-order valence-corrected chi connectivity index (χ2v) is 6.03. The van der Waals surface area contributed by atoms with Crippen LogP contribution in [0.4, 0.5) is 5.69 Å². The Kier molecular flexibility index (Phi) is 4.76. The molecule has 1 amide bonds. The zero-order chi connectivity index (χ0) is 15.4. The number of carbonyl (C=O) groups is 1. The Labute approximate surface area is 135 Å². The number of para-hydroxylation sites is 1. The quantitative estimate of drug-likeness (QED) is 0.921. The molecule has 2 aromatic rings. The topological polar surface area (TPSA) is 32.3 Å². The van der Waals surface area contributed by atoms with E-state index in [-0.39, 0.29) is 11.9 Å². The van der Waals surface area contributed by atoms with E-state index < -0.39 is 0 Å². The molecule has 1 saturated heterocycles. The van der Waals surface area contributed by atoms with E-state index in [1.54, 1.807) is 0 Å². The van der Waals surface area contributed by atoms with Crippen LogP contribution in [0.5, 0.6) is 0 Å². The van der Waals surface area contributed by atoms with E-state index in [0.717, 1.165) is 30.1 Å². The van der Waals surface area contributed by atoms with Crippen LogP contribution in [-0.4, -0.2) is 23.9 Å². The minimum absolute atomic E-state index is 0.0279. The predicted octanol–water partition coefficient (Wildman–Crippen LogP) is 4.12. The average Bonchev–Trinajstić information content (AvgIpc) is 2.96. The van der Waals surface area contributed by atoms with Crippen LogP contribution in [0.3, 0.4) is 0 Å². The van der Waals surface area contributed by atoms with Gasteiger partial charge in [0.25, 0.3) is 0 Å². The van der Waals surface area contributed by atoms with Crippen molar-refractivity contribution in [1.82, 2.24) is 4.90 Å². The van der Waals surface area contributed by atoms with Crippen molar-refractivity contribution in [3.05, 3.63) is 65.2 Å². The van der Waals surface area contributed by atoms with Crippen LogP contribution in [0, 0.1) is 0 Å². The molecule has 1 unspecified atom stereocenters. The van der Waals surface area contributed by atoms with Crippen LogP contribution in [0.15, 0.2) is 54.6 Å². The average molecular weight is 315 g/mol. The molecule has 1 heterocycles. The third kappa shape index (κ3) is 3.67. The van der Waals surface area contributed by atoms with Gasteiger partial charge >= 0.3 is 0 Å². The first-order valence-corrected chi connectivity index (χ1v) is 7.94. The molecular formula is C18H19ClN2O. The smallest absolute Gasteiger partial charge is 0.238 e. The first-order chi connectivity index (χ1) is 10.7. The standard InChI is InChI=1S/C18H19ClN2O/c19-15-7-4-6-14(12-15)17-10-5-11-21(17)13-18(22)20-16-8-2-1-3-9-16/h1-4,6-9,12,17H,5,10-11,13H2,(H,20,22). The molecule has 1 N–H and O–H groups in total. The molecule has 0 radical (unpaired) electrons. The molecule has 0 saturated carbocycles. The molecule has 0 spiro atoms. The van der Waals surface area contributed by atoms with E-state index in [0.29, 0.717) is 6.54 Å². The molecular weight excluding hydrogens is 296 g/mol. The molecule has 1 fully saturated rings. The van der Waals surface area contributed by atoms with Crippen LogP contribution in [0.25, 0.3) is 0 Å². The van der Waals surface area contributed by atoms with Gasteiger partial charge in [0, 0.05) is 16.8 Å². The van der Waals surface area contributed by atoms with Crippen molar-refractivity contribution in [2.45, 2.75) is 18.9 Å². The van der Waals surface area contributed by atoms with E-state index in [1.165, 1.54) is 5.56 Å². The second-order valence-electron chi connectivity index (χ2n) is 5.60. The summed E-state index contributed by atoms with van der Waals surface area (Å²) < 4.78 is 0. The van der Waals surface area contributed by atoms with Crippen molar-refractivity contribution < 1.29 is 4.79 Å². The van der Waals surface area contributed by atoms with Crippen LogP contribution >= 0.6 is 11.6 Å². The Morgan fingerprint density at radius 1 is 1.18 bits per heavy atom. The summed E-state index contributed by atoms with van der Waals surface area (Å²) >= 11 is 6.09. The molecule has 114 valence electrons. The van der Waals surface area contributed by atoms with Gasteiger partial charge in [-0.1, -0.05) is 41.9 Å². The minimum atomic E-state index is 0.0279. The number of nitrogens with zero attached hydrogens (tertiary/aromatic N) is 1. The van der Waals surface area contributed by atoms with Crippen molar-refractivity contribution in [3.8, 4) is 0 Å². The van der Waals surface area contributed by atoms with Gasteiger partial charge in [0.15, 0.2) is 0 Å². The lowest BCUT2D eigenvalue weighted by Crippen LogP contribution is -2.32. The molecule has 1 aliphatic heterocycles. The highest BCUT2D eigenvalue weighted by Gasteiger charge is 2.27. The fourth-order valence-corrected chi connectivity index (χ4v) is 3.21. The first kappa shape index (κ1) is 15.1. The van der Waals surface area contributed by atoms with Crippen molar-refractivity contribution in [2.75, 3.05) is 18.4 Å². The normalized spacial score (nSPS) is 18.3. The van der Waals surface area contributed by atoms with Gasteiger partial charge < -0.3 is 5.32 Å². The van der Waals surface area contributed by atoms with Crippen molar-refractivity contribution in [2.24, 2.45) is 0 Å². The highest BCUT2D eigenvalue weighted by atomic mass is 35.5. The maximum atomic E-state index is 12.2. The number of benzene rings is 2. The molecule has 3 nitrogen and oxygen atoms in total. The van der Waals surface area contributed by atoms with E-state index in [1.807, 2.05) is 48.5 Å². The Balaban J connectivity index is 1.65. The lowest BCUT2D eigenvalue weighted by Gasteiger charge is -2.24. The molecule has 3 rings (SSSR count). The van der Waals surface area contributed by atoms with Gasteiger partial charge in [-0.2, -0.15) is 0 Å². The second kappa shape index (κ2) is 6.95. The molecule has 1 aliphatic rings. The third-order valence-electron chi connectivity index (χ3n) is 4.00. The maximum absolute atomic E-state index is 12.2. The Bertz CT molecular complexity index is 645. The number of hydrogen-bond donors (Lipinski definition) is 1. The third-order valence-corrected chi connectivity index (χ3v) is 4.24. The van der Waals surface area contributed by atoms with Gasteiger partial charge in [0.2, 0.25) is 5.91 Å². The van der Waals surface area contributed by atoms with Crippen molar-refractivity contribution in [3.63, 3.8) is 0 Å². The van der Waals surface area contributed by atoms with E-state index in [4.69, 9.17) is 11.6 Å². The van der Waals surface area contributed by atoms with Gasteiger partial charge in [-0.05, 0) is 49.2 Å². The van der Waals surface area contributed by atoms with Gasteiger partial charge in [-0.15, -0.1) is 0 Å². The van der Waals surface area contributed by atoms with Gasteiger partial charge in [-0.3, -0.25) is 9.69 Å². The molecule has 1 atom stereocenters. The van der Waals surface area contributed by atoms with Gasteiger partial charge in [-0.25, -0.2) is 0 Å². The van der Waals surface area contributed by atoms with Crippen LogP contribution in [0.1, 0.15) is 24.4 Å². The number of likely N-dealkylation sites (tertiary alicyclic amines) is 1. The summed E-state index contributed by atoms with van der Waals surface area (Å²) in [6, 6.07) is 17.8. The van der Waals surface area contributed by atoms with Crippen LogP contribution in [-0.2, 0) is 4.79 Å². The number of nitrogens with one attached hydrogen (secondary N) is 1. The van der Waals surface area contributed by atoms with E-state index in [2.05, 4.69) is 16.3 Å². The Hall–Kier alpha value is -1.84. The molecule has 0 aromatic heterocycles. The van der Waals surface area contributed by atoms with E-state index >= 15 is 0 Å². The van der Waals surface area contributed by atoms with Crippen molar-refractivity contribution >= 4 is 23.2 Å². The highest BCUT2D eigenvalue weighted by Crippen LogP contribution is 2.32. The maximum Gasteiger partial charge on any atom is 0.238 e. The fraction of sp³-hybridized carbons (Fsp3) is 0.278. The molecule has 4 heteroatoms. The number of hydrogen-bond acceptors (Lipinski definition) is 2. The largest absolute Gasteiger partial charge is 0.325 e. The van der Waals surface area contributed by atoms with Crippen LogP contribution < -0.4 is 5.32 Å². The summed E-state index contributed by atoms with van der Waals surface area (Å²) in [5.41, 5.74) is 2.03. The summed E-state index contributed by atoms with van der Waals surface area (Å²) in [5, 5.41) is 3.69. The van der Waals surface area contributed by atoms with Crippen molar-refractivity contribution in [1.29, 1.82) is 0 Å². The zero-order valence-corrected chi connectivity index (χ0v) is 13.1. The lowest BCUT2D eigenvalue weighted by molar-refractivity contribution is -0.117. The lowest BCUT2D eigenvalue weighted by atomic mass is 10.0. The molecule has 0 bridgehead atoms. The summed E-state index contributed by atoms with van der Waals surface area (Å²) in [4.78, 5) is 14.5. The zero-order valence-electron chi connectivity index (χ0n) is 12.3. The number of anilines is 1. The fourth-order valence-electron chi connectivity index (χ4n) is 3.01. The summed E-state index contributed by atoms with van der Waals surface area (Å²) in [7, 11) is 0. The number of rotatable bonds is 4. The minimum Gasteiger partial charge on any atom is -0.325 e. The SMILES string of the molecule is O=C(CN1CCCC1c1cccc(Cl)c1)Nc1ccccc1. The molecule has 2 aromatic carbocycles. The summed E-state index contributed by atoms with van der Waals surface area (Å²) in [6.45, 7) is 1.35. The number of amides is 1. The molecule has 22 heavy (non-hydrogen) atoms. The monoisotopic (exact) mass is 314 g/mol. The Morgan fingerprint density at radius 2 is 2.00 bits per heavy atom. The highest BCUT2D eigenvalue weighted by molar-refractivity contribution is 6.30. The van der Waals surface area contributed by atoms with Gasteiger partial charge in [0.1, 0.15) is 0 Å². The molecule has 0 aliphatic carbocycles. The van der Waals surface area contributed by atoms with E-state index in [9.17, 15) is 4.79 Å². The number of halogens is 1. The van der Waals surface area contributed by atoms with Crippen LogP contribution in [0.2, 0.25) is 5.02 Å². The summed E-state index contributed by atoms with van der Waals surface area (Å²) in [5.74, 6) is 0.0279. The number of carbonyl (C=O) groups excluding carboxylic acids is 1. The summed E-state index contributed by atoms with van der Waals surface area (Å²) in [6.07, 6.45) is 2.18. The predicted molar refractivity (Wildman–Crippen MR) is 90.1 cm³/mol. The van der Waals surface area contributed by atoms with Gasteiger partial charge in [0.05, 0.1) is 6.54 Å².